The van der Waals surface area contributed by atoms with Crippen molar-refractivity contribution in [3.05, 3.63) is 66.0 Å². The molecule has 4 amide bonds. The van der Waals surface area contributed by atoms with Crippen molar-refractivity contribution in [2.75, 3.05) is 6.61 Å². The molecule has 1 aliphatic rings. The average molecular weight is 396 g/mol. The summed E-state index contributed by atoms with van der Waals surface area (Å²) in [5, 5.41) is 3.21. The normalized spacial score (nSPS) is 18.3. The molecule has 1 aliphatic heterocycles. The van der Waals surface area contributed by atoms with E-state index < -0.39 is 36.0 Å². The van der Waals surface area contributed by atoms with Gasteiger partial charge in [-0.3, -0.25) is 15.0 Å². The lowest BCUT2D eigenvalue weighted by Gasteiger charge is -2.21. The van der Waals surface area contributed by atoms with Crippen LogP contribution in [-0.4, -0.2) is 46.0 Å². The SMILES string of the molecule is C[C@@]1(CCc2ccccc2)NC(=O)N(NC(=O)COC(=O)c2ccccn2)C1=O. The Labute approximate surface area is 167 Å². The molecule has 2 N–H and O–H groups in total. The second kappa shape index (κ2) is 8.51. The van der Waals surface area contributed by atoms with E-state index in [1.54, 1.807) is 19.1 Å². The molecule has 1 aromatic heterocycles. The van der Waals surface area contributed by atoms with Crippen molar-refractivity contribution in [3.63, 3.8) is 0 Å². The summed E-state index contributed by atoms with van der Waals surface area (Å²) < 4.78 is 4.84. The Morgan fingerprint density at radius 2 is 1.86 bits per heavy atom. The zero-order valence-corrected chi connectivity index (χ0v) is 15.8. The third-order valence-corrected chi connectivity index (χ3v) is 4.46. The van der Waals surface area contributed by atoms with Crippen molar-refractivity contribution < 1.29 is 23.9 Å². The molecule has 3 rings (SSSR count). The van der Waals surface area contributed by atoms with Gasteiger partial charge in [0.05, 0.1) is 0 Å². The maximum absolute atomic E-state index is 12.7. The topological polar surface area (TPSA) is 118 Å². The Bertz CT molecular complexity index is 919. The molecule has 0 bridgehead atoms. The fraction of sp³-hybridized carbons (Fsp3) is 0.250. The number of nitrogens with one attached hydrogen (secondary N) is 2. The van der Waals surface area contributed by atoms with Gasteiger partial charge in [-0.05, 0) is 37.5 Å². The number of carbonyl (C=O) groups excluding carboxylic acids is 4. The molecule has 1 aromatic carbocycles. The molecule has 2 heterocycles. The lowest BCUT2D eigenvalue weighted by atomic mass is 9.93. The van der Waals surface area contributed by atoms with Crippen molar-refractivity contribution in [1.29, 1.82) is 0 Å². The molecule has 1 fully saturated rings. The highest BCUT2D eigenvalue weighted by atomic mass is 16.5. The molecule has 0 spiro atoms. The van der Waals surface area contributed by atoms with Gasteiger partial charge >= 0.3 is 12.0 Å². The Kier molecular flexibility index (Phi) is 5.87. The smallest absolute Gasteiger partial charge is 0.357 e. The van der Waals surface area contributed by atoms with Crippen molar-refractivity contribution in [2.24, 2.45) is 0 Å². The van der Waals surface area contributed by atoms with Crippen LogP contribution in [0.3, 0.4) is 0 Å². The zero-order chi connectivity index (χ0) is 20.9. The maximum Gasteiger partial charge on any atom is 0.357 e. The summed E-state index contributed by atoms with van der Waals surface area (Å²) in [7, 11) is 0. The summed E-state index contributed by atoms with van der Waals surface area (Å²) in [5.74, 6) is -2.18. The second-order valence-corrected chi connectivity index (χ2v) is 6.71. The van der Waals surface area contributed by atoms with Gasteiger partial charge in [-0.15, -0.1) is 0 Å². The van der Waals surface area contributed by atoms with E-state index in [1.807, 2.05) is 30.3 Å². The minimum absolute atomic E-state index is 0.0452. The van der Waals surface area contributed by atoms with E-state index in [4.69, 9.17) is 4.74 Å². The lowest BCUT2D eigenvalue weighted by Crippen LogP contribution is -2.50. The molecule has 0 saturated carbocycles. The van der Waals surface area contributed by atoms with Crippen LogP contribution < -0.4 is 10.7 Å². The first-order chi connectivity index (χ1) is 13.9. The number of ether oxygens (including phenoxy) is 1. The molecule has 2 aromatic rings. The predicted molar refractivity (Wildman–Crippen MR) is 101 cm³/mol. The number of hydrogen-bond donors (Lipinski definition) is 2. The van der Waals surface area contributed by atoms with E-state index in [9.17, 15) is 19.2 Å². The monoisotopic (exact) mass is 396 g/mol. The fourth-order valence-electron chi connectivity index (χ4n) is 2.84. The first-order valence-electron chi connectivity index (χ1n) is 8.97. The van der Waals surface area contributed by atoms with Gasteiger partial charge in [-0.1, -0.05) is 36.4 Å². The molecule has 9 heteroatoms. The van der Waals surface area contributed by atoms with Crippen LogP contribution in [-0.2, 0) is 20.7 Å². The number of rotatable bonds is 7. The van der Waals surface area contributed by atoms with E-state index in [-0.39, 0.29) is 5.69 Å². The second-order valence-electron chi connectivity index (χ2n) is 6.71. The Morgan fingerprint density at radius 3 is 2.55 bits per heavy atom. The van der Waals surface area contributed by atoms with E-state index in [0.29, 0.717) is 17.9 Å². The number of hydrogen-bond acceptors (Lipinski definition) is 6. The van der Waals surface area contributed by atoms with Crippen LogP contribution in [0.25, 0.3) is 0 Å². The minimum atomic E-state index is -1.15. The zero-order valence-electron chi connectivity index (χ0n) is 15.8. The third kappa shape index (κ3) is 4.75. The number of imide groups is 1. The highest BCUT2D eigenvalue weighted by molar-refractivity contribution is 6.07. The van der Waals surface area contributed by atoms with E-state index in [1.165, 1.54) is 12.3 Å². The van der Waals surface area contributed by atoms with Crippen LogP contribution in [0.1, 0.15) is 29.4 Å². The first-order valence-corrected chi connectivity index (χ1v) is 8.97. The van der Waals surface area contributed by atoms with Gasteiger partial charge in [0.2, 0.25) is 0 Å². The number of amides is 4. The number of benzene rings is 1. The van der Waals surface area contributed by atoms with Gasteiger partial charge in [0.1, 0.15) is 11.2 Å². The Morgan fingerprint density at radius 1 is 1.14 bits per heavy atom. The standard InChI is InChI=1S/C20H20N4O5/c1-20(11-10-14-7-3-2-4-8-14)18(27)24(19(28)22-20)23-16(25)13-29-17(26)15-9-5-6-12-21-15/h2-9,12H,10-11,13H2,1H3,(H,22,28)(H,23,25)/t20-/m0/s1. The third-order valence-electron chi connectivity index (χ3n) is 4.46. The highest BCUT2D eigenvalue weighted by Crippen LogP contribution is 2.22. The molecular formula is C20H20N4O5. The summed E-state index contributed by atoms with van der Waals surface area (Å²) in [6.45, 7) is 0.941. The van der Waals surface area contributed by atoms with Crippen LogP contribution in [0, 0.1) is 0 Å². The number of esters is 1. The van der Waals surface area contributed by atoms with E-state index in [2.05, 4.69) is 15.7 Å². The number of urea groups is 1. The first kappa shape index (κ1) is 20.0. The van der Waals surface area contributed by atoms with Crippen LogP contribution >= 0.6 is 0 Å². The van der Waals surface area contributed by atoms with Gasteiger partial charge < -0.3 is 10.1 Å². The Hall–Kier alpha value is -3.75. The largest absolute Gasteiger partial charge is 0.451 e. The lowest BCUT2D eigenvalue weighted by molar-refractivity contribution is -0.140. The van der Waals surface area contributed by atoms with Crippen LogP contribution in [0.15, 0.2) is 54.7 Å². The summed E-state index contributed by atoms with van der Waals surface area (Å²) >= 11 is 0. The fourth-order valence-corrected chi connectivity index (χ4v) is 2.84. The van der Waals surface area contributed by atoms with Crippen LogP contribution in [0.4, 0.5) is 4.79 Å². The average Bonchev–Trinajstić information content (AvgIpc) is 2.95. The van der Waals surface area contributed by atoms with E-state index >= 15 is 0 Å². The van der Waals surface area contributed by atoms with E-state index in [0.717, 1.165) is 5.56 Å². The summed E-state index contributed by atoms with van der Waals surface area (Å²) in [4.78, 5) is 52.5. The summed E-state index contributed by atoms with van der Waals surface area (Å²) in [6.07, 6.45) is 2.36. The van der Waals surface area contributed by atoms with Crippen molar-refractivity contribution >= 4 is 23.8 Å². The number of hydrazine groups is 1. The summed E-state index contributed by atoms with van der Waals surface area (Å²) in [5.41, 5.74) is 2.10. The van der Waals surface area contributed by atoms with Gasteiger partial charge in [-0.25, -0.2) is 14.6 Å². The molecule has 29 heavy (non-hydrogen) atoms. The highest BCUT2D eigenvalue weighted by Gasteiger charge is 2.48. The molecular weight excluding hydrogens is 376 g/mol. The van der Waals surface area contributed by atoms with Crippen LogP contribution in [0.5, 0.6) is 0 Å². The number of aromatic nitrogens is 1. The number of nitrogens with zero attached hydrogens (tertiary/aromatic N) is 2. The molecule has 0 radical (unpaired) electrons. The summed E-state index contributed by atoms with van der Waals surface area (Å²) in [6, 6.07) is 13.5. The number of aryl methyl sites for hydroxylation is 1. The van der Waals surface area contributed by atoms with Gasteiger partial charge in [0, 0.05) is 6.20 Å². The van der Waals surface area contributed by atoms with Crippen molar-refractivity contribution in [2.45, 2.75) is 25.3 Å². The molecule has 0 aliphatic carbocycles. The minimum Gasteiger partial charge on any atom is -0.451 e. The quantitative estimate of drug-likeness (QED) is 0.537. The van der Waals surface area contributed by atoms with Gasteiger partial charge in [0.15, 0.2) is 6.61 Å². The van der Waals surface area contributed by atoms with Gasteiger partial charge in [-0.2, -0.15) is 5.01 Å². The van der Waals surface area contributed by atoms with Crippen molar-refractivity contribution in [1.82, 2.24) is 20.7 Å². The van der Waals surface area contributed by atoms with Crippen LogP contribution in [0.2, 0.25) is 0 Å². The molecule has 0 unspecified atom stereocenters. The van der Waals surface area contributed by atoms with Crippen molar-refractivity contribution in [3.8, 4) is 0 Å². The maximum atomic E-state index is 12.7. The number of carbonyl (C=O) groups is 4. The molecule has 1 atom stereocenters. The Balaban J connectivity index is 1.53. The number of pyridine rings is 1. The molecule has 9 nitrogen and oxygen atoms in total. The molecule has 150 valence electrons. The van der Waals surface area contributed by atoms with Gasteiger partial charge in [0.25, 0.3) is 11.8 Å². The predicted octanol–water partition coefficient (Wildman–Crippen LogP) is 1.21. The molecule has 1 saturated heterocycles.